The number of aromatic amines is 1. The predicted molar refractivity (Wildman–Crippen MR) is 100 cm³/mol. The Kier molecular flexibility index (Phi) is 6.73. The summed E-state index contributed by atoms with van der Waals surface area (Å²) in [5, 5.41) is 8.26. The second kappa shape index (κ2) is 8.78. The number of pyridine rings is 1. The van der Waals surface area contributed by atoms with Crippen molar-refractivity contribution in [3.05, 3.63) is 59.4 Å². The molecular weight excluding hydrogens is 322 g/mol. The summed E-state index contributed by atoms with van der Waals surface area (Å²) < 4.78 is 0. The van der Waals surface area contributed by atoms with Gasteiger partial charge in [0.1, 0.15) is 0 Å². The quantitative estimate of drug-likeness (QED) is 0.690. The summed E-state index contributed by atoms with van der Waals surface area (Å²) in [4.78, 5) is 6.81. The minimum Gasteiger partial charge on any atom is -0.329 e. The van der Waals surface area contributed by atoms with Crippen LogP contribution in [0, 0.1) is 6.92 Å². The fourth-order valence-electron chi connectivity index (χ4n) is 2.79. The molecular formula is C18H24ClN5. The Balaban J connectivity index is 0.00000208. The third kappa shape index (κ3) is 4.54. The van der Waals surface area contributed by atoms with Gasteiger partial charge in [-0.05, 0) is 30.5 Å². The fourth-order valence-corrected chi connectivity index (χ4v) is 2.79. The number of hydrogen-bond acceptors (Lipinski definition) is 4. The molecule has 0 unspecified atom stereocenters. The SMILES string of the molecule is Cc1[nH]nc2ncc(CN(CCN)CCc3ccccc3)cc12.Cl. The summed E-state index contributed by atoms with van der Waals surface area (Å²) in [7, 11) is 0. The van der Waals surface area contributed by atoms with Gasteiger partial charge in [0.25, 0.3) is 0 Å². The van der Waals surface area contributed by atoms with Crippen molar-refractivity contribution >= 4 is 23.4 Å². The number of nitrogens with one attached hydrogen (secondary N) is 1. The molecule has 2 aromatic heterocycles. The van der Waals surface area contributed by atoms with E-state index in [2.05, 4.69) is 56.5 Å². The molecule has 0 spiro atoms. The zero-order valence-electron chi connectivity index (χ0n) is 13.9. The van der Waals surface area contributed by atoms with Gasteiger partial charge in [-0.2, -0.15) is 5.10 Å². The lowest BCUT2D eigenvalue weighted by Crippen LogP contribution is -2.31. The van der Waals surface area contributed by atoms with Gasteiger partial charge in [-0.3, -0.25) is 10.00 Å². The van der Waals surface area contributed by atoms with E-state index in [9.17, 15) is 0 Å². The van der Waals surface area contributed by atoms with Crippen LogP contribution >= 0.6 is 12.4 Å². The molecule has 0 radical (unpaired) electrons. The van der Waals surface area contributed by atoms with Gasteiger partial charge >= 0.3 is 0 Å². The summed E-state index contributed by atoms with van der Waals surface area (Å²) >= 11 is 0. The van der Waals surface area contributed by atoms with Crippen molar-refractivity contribution in [1.82, 2.24) is 20.1 Å². The first-order valence-corrected chi connectivity index (χ1v) is 8.02. The van der Waals surface area contributed by atoms with E-state index in [1.54, 1.807) is 0 Å². The fraction of sp³-hybridized carbons (Fsp3) is 0.333. The van der Waals surface area contributed by atoms with Gasteiger partial charge in [0.05, 0.1) is 0 Å². The maximum absolute atomic E-state index is 5.78. The summed E-state index contributed by atoms with van der Waals surface area (Å²) in [6.07, 6.45) is 2.94. The lowest BCUT2D eigenvalue weighted by molar-refractivity contribution is 0.276. The first-order chi connectivity index (χ1) is 11.3. The average Bonchev–Trinajstić information content (AvgIpc) is 2.95. The van der Waals surface area contributed by atoms with Crippen molar-refractivity contribution < 1.29 is 0 Å². The molecule has 0 aliphatic rings. The Morgan fingerprint density at radius 3 is 2.67 bits per heavy atom. The second-order valence-corrected chi connectivity index (χ2v) is 5.86. The first kappa shape index (κ1) is 18.4. The predicted octanol–water partition coefficient (Wildman–Crippen LogP) is 2.69. The van der Waals surface area contributed by atoms with E-state index in [0.29, 0.717) is 6.54 Å². The number of benzene rings is 1. The van der Waals surface area contributed by atoms with E-state index in [-0.39, 0.29) is 12.4 Å². The molecule has 0 saturated heterocycles. The third-order valence-corrected chi connectivity index (χ3v) is 4.07. The highest BCUT2D eigenvalue weighted by molar-refractivity contribution is 5.85. The van der Waals surface area contributed by atoms with Crippen LogP contribution in [0.1, 0.15) is 16.8 Å². The van der Waals surface area contributed by atoms with Crippen LogP contribution < -0.4 is 5.73 Å². The zero-order chi connectivity index (χ0) is 16.1. The smallest absolute Gasteiger partial charge is 0.181 e. The van der Waals surface area contributed by atoms with Gasteiger partial charge in [-0.25, -0.2) is 4.98 Å². The molecule has 0 atom stereocenters. The molecule has 2 heterocycles. The van der Waals surface area contributed by atoms with Crippen molar-refractivity contribution in [2.24, 2.45) is 5.73 Å². The normalized spacial score (nSPS) is 11.0. The van der Waals surface area contributed by atoms with E-state index in [1.165, 1.54) is 11.1 Å². The molecule has 3 N–H and O–H groups in total. The van der Waals surface area contributed by atoms with E-state index in [0.717, 1.165) is 42.8 Å². The van der Waals surface area contributed by atoms with E-state index in [4.69, 9.17) is 5.73 Å². The molecule has 0 fully saturated rings. The molecule has 3 aromatic rings. The molecule has 5 nitrogen and oxygen atoms in total. The first-order valence-electron chi connectivity index (χ1n) is 8.02. The number of nitrogens with two attached hydrogens (primary N) is 1. The van der Waals surface area contributed by atoms with Crippen molar-refractivity contribution in [1.29, 1.82) is 0 Å². The number of hydrogen-bond donors (Lipinski definition) is 2. The van der Waals surface area contributed by atoms with Crippen LogP contribution in [0.5, 0.6) is 0 Å². The van der Waals surface area contributed by atoms with Gasteiger partial charge < -0.3 is 5.73 Å². The van der Waals surface area contributed by atoms with Crippen LogP contribution in [-0.2, 0) is 13.0 Å². The summed E-state index contributed by atoms with van der Waals surface area (Å²) in [6.45, 7) is 5.42. The van der Waals surface area contributed by atoms with Gasteiger partial charge in [-0.1, -0.05) is 30.3 Å². The molecule has 0 aliphatic carbocycles. The van der Waals surface area contributed by atoms with Gasteiger partial charge in [-0.15, -0.1) is 12.4 Å². The Bertz CT molecular complexity index is 756. The van der Waals surface area contributed by atoms with Gasteiger partial charge in [0, 0.05) is 43.5 Å². The lowest BCUT2D eigenvalue weighted by atomic mass is 10.1. The monoisotopic (exact) mass is 345 g/mol. The average molecular weight is 346 g/mol. The zero-order valence-corrected chi connectivity index (χ0v) is 14.7. The molecule has 0 amide bonds. The van der Waals surface area contributed by atoms with Crippen molar-refractivity contribution in [3.8, 4) is 0 Å². The molecule has 3 rings (SSSR count). The number of halogens is 1. The van der Waals surface area contributed by atoms with E-state index < -0.39 is 0 Å². The Hall–Kier alpha value is -1.95. The minimum absolute atomic E-state index is 0. The van der Waals surface area contributed by atoms with E-state index >= 15 is 0 Å². The Morgan fingerprint density at radius 2 is 1.92 bits per heavy atom. The number of rotatable bonds is 7. The molecule has 0 bridgehead atoms. The van der Waals surface area contributed by atoms with Crippen LogP contribution in [0.4, 0.5) is 0 Å². The highest BCUT2D eigenvalue weighted by atomic mass is 35.5. The van der Waals surface area contributed by atoms with Crippen LogP contribution in [-0.4, -0.2) is 39.7 Å². The lowest BCUT2D eigenvalue weighted by Gasteiger charge is -2.21. The Labute approximate surface area is 148 Å². The summed E-state index contributed by atoms with van der Waals surface area (Å²) in [5.41, 5.74) is 10.2. The maximum atomic E-state index is 5.78. The van der Waals surface area contributed by atoms with Crippen molar-refractivity contribution in [3.63, 3.8) is 0 Å². The van der Waals surface area contributed by atoms with Crippen molar-refractivity contribution in [2.75, 3.05) is 19.6 Å². The number of fused-ring (bicyclic) bond motifs is 1. The topological polar surface area (TPSA) is 70.8 Å². The molecule has 128 valence electrons. The number of aryl methyl sites for hydroxylation is 1. The van der Waals surface area contributed by atoms with Crippen LogP contribution in [0.3, 0.4) is 0 Å². The van der Waals surface area contributed by atoms with Crippen molar-refractivity contribution in [2.45, 2.75) is 19.9 Å². The molecule has 0 saturated carbocycles. The van der Waals surface area contributed by atoms with E-state index in [1.807, 2.05) is 13.1 Å². The highest BCUT2D eigenvalue weighted by Crippen LogP contribution is 2.16. The van der Waals surface area contributed by atoms with Crippen LogP contribution in [0.2, 0.25) is 0 Å². The van der Waals surface area contributed by atoms with Gasteiger partial charge in [0.2, 0.25) is 0 Å². The third-order valence-electron chi connectivity index (χ3n) is 4.07. The van der Waals surface area contributed by atoms with Crippen LogP contribution in [0.25, 0.3) is 11.0 Å². The summed E-state index contributed by atoms with van der Waals surface area (Å²) in [5.74, 6) is 0. The molecule has 1 aromatic carbocycles. The molecule has 24 heavy (non-hydrogen) atoms. The number of nitrogens with zero attached hydrogens (tertiary/aromatic N) is 3. The minimum atomic E-state index is 0. The molecule has 6 heteroatoms. The number of aromatic nitrogens is 3. The summed E-state index contributed by atoms with van der Waals surface area (Å²) in [6, 6.07) is 12.7. The molecule has 0 aliphatic heterocycles. The second-order valence-electron chi connectivity index (χ2n) is 5.86. The Morgan fingerprint density at radius 1 is 1.12 bits per heavy atom. The van der Waals surface area contributed by atoms with Gasteiger partial charge in [0.15, 0.2) is 5.65 Å². The number of H-pyrrole nitrogens is 1. The highest BCUT2D eigenvalue weighted by Gasteiger charge is 2.09. The standard InChI is InChI=1S/C18H23N5.ClH/c1-14-17-11-16(12-20-18(17)22-21-14)13-23(10-8-19)9-7-15-5-3-2-4-6-15;/h2-6,11-12H,7-10,13,19H2,1H3,(H,20,21,22);1H. The largest absolute Gasteiger partial charge is 0.329 e. The van der Waals surface area contributed by atoms with Crippen LogP contribution in [0.15, 0.2) is 42.6 Å². The maximum Gasteiger partial charge on any atom is 0.181 e.